The smallest absolute Gasteiger partial charge is 0.0959 e. The maximum atomic E-state index is 4.92. The fourth-order valence-corrected chi connectivity index (χ4v) is 4.75. The molecule has 0 unspecified atom stereocenters. The van der Waals surface area contributed by atoms with Gasteiger partial charge < -0.3 is 5.32 Å². The Balaban J connectivity index is 1.45. The first-order valence-corrected chi connectivity index (χ1v) is 9.54. The lowest BCUT2D eigenvalue weighted by atomic mass is 9.93. The summed E-state index contributed by atoms with van der Waals surface area (Å²) in [7, 11) is 2.05. The Morgan fingerprint density at radius 2 is 2.00 bits per heavy atom. The number of aromatic nitrogens is 1. The van der Waals surface area contributed by atoms with Gasteiger partial charge in [0, 0.05) is 17.8 Å². The van der Waals surface area contributed by atoms with Crippen molar-refractivity contribution in [2.24, 2.45) is 5.92 Å². The molecule has 0 atom stereocenters. The second kappa shape index (κ2) is 7.70. The number of hydrogen-bond donors (Lipinski definition) is 1. The fourth-order valence-electron chi connectivity index (χ4n) is 3.77. The number of hydrogen-bond acceptors (Lipinski definition) is 4. The molecule has 118 valence electrons. The third-order valence-electron chi connectivity index (χ3n) is 5.17. The van der Waals surface area contributed by atoms with Crippen molar-refractivity contribution < 1.29 is 0 Å². The standard InChI is InChI=1S/C17H29N3S/c1-18-9-6-14-7-10-20(11-8-14)12-16-13-21-17(19-16)15-4-2-3-5-15/h13-15,18H,2-12H2,1H3. The molecule has 3 nitrogen and oxygen atoms in total. The normalized spacial score (nSPS) is 22.1. The molecule has 1 aliphatic heterocycles. The zero-order valence-electron chi connectivity index (χ0n) is 13.3. The highest BCUT2D eigenvalue weighted by Gasteiger charge is 2.22. The second-order valence-electron chi connectivity index (χ2n) is 6.77. The van der Waals surface area contributed by atoms with Gasteiger partial charge in [-0.3, -0.25) is 4.90 Å². The summed E-state index contributed by atoms with van der Waals surface area (Å²) in [6.45, 7) is 4.75. The molecule has 1 saturated carbocycles. The van der Waals surface area contributed by atoms with Gasteiger partial charge in [-0.1, -0.05) is 12.8 Å². The van der Waals surface area contributed by atoms with Gasteiger partial charge in [0.05, 0.1) is 10.7 Å². The highest BCUT2D eigenvalue weighted by Crippen LogP contribution is 2.35. The Bertz CT molecular complexity index is 417. The average Bonchev–Trinajstić information content (AvgIpc) is 3.17. The Morgan fingerprint density at radius 3 is 2.71 bits per heavy atom. The summed E-state index contributed by atoms with van der Waals surface area (Å²) in [5.74, 6) is 1.70. The van der Waals surface area contributed by atoms with Crippen LogP contribution in [-0.2, 0) is 6.54 Å². The van der Waals surface area contributed by atoms with Crippen LogP contribution in [0.3, 0.4) is 0 Å². The van der Waals surface area contributed by atoms with Crippen molar-refractivity contribution in [2.75, 3.05) is 26.7 Å². The highest BCUT2D eigenvalue weighted by molar-refractivity contribution is 7.09. The van der Waals surface area contributed by atoms with Gasteiger partial charge >= 0.3 is 0 Å². The van der Waals surface area contributed by atoms with Crippen molar-refractivity contribution >= 4 is 11.3 Å². The molecule has 0 amide bonds. The Hall–Kier alpha value is -0.450. The Kier molecular flexibility index (Phi) is 5.67. The number of piperidine rings is 1. The van der Waals surface area contributed by atoms with E-state index in [4.69, 9.17) is 4.98 Å². The summed E-state index contributed by atoms with van der Waals surface area (Å²) in [5.41, 5.74) is 1.32. The van der Waals surface area contributed by atoms with E-state index in [9.17, 15) is 0 Å². The molecule has 0 bridgehead atoms. The van der Waals surface area contributed by atoms with Crippen molar-refractivity contribution in [1.29, 1.82) is 0 Å². The molecule has 0 aromatic carbocycles. The molecule has 21 heavy (non-hydrogen) atoms. The van der Waals surface area contributed by atoms with Gasteiger partial charge in [-0.15, -0.1) is 11.3 Å². The fraction of sp³-hybridized carbons (Fsp3) is 0.824. The topological polar surface area (TPSA) is 28.2 Å². The van der Waals surface area contributed by atoms with E-state index in [2.05, 4.69) is 22.6 Å². The molecule has 2 aliphatic rings. The quantitative estimate of drug-likeness (QED) is 0.870. The molecule has 1 saturated heterocycles. The monoisotopic (exact) mass is 307 g/mol. The van der Waals surface area contributed by atoms with E-state index in [-0.39, 0.29) is 0 Å². The van der Waals surface area contributed by atoms with Crippen molar-refractivity contribution in [3.63, 3.8) is 0 Å². The third kappa shape index (κ3) is 4.27. The van der Waals surface area contributed by atoms with Crippen LogP contribution in [0.25, 0.3) is 0 Å². The molecule has 0 spiro atoms. The van der Waals surface area contributed by atoms with Crippen LogP contribution in [0, 0.1) is 5.92 Å². The van der Waals surface area contributed by atoms with Gasteiger partial charge in [-0.2, -0.15) is 0 Å². The average molecular weight is 308 g/mol. The van der Waals surface area contributed by atoms with Crippen LogP contribution in [-0.4, -0.2) is 36.6 Å². The van der Waals surface area contributed by atoms with Crippen molar-refractivity contribution in [3.8, 4) is 0 Å². The zero-order valence-corrected chi connectivity index (χ0v) is 14.1. The summed E-state index contributed by atoms with van der Waals surface area (Å²) in [4.78, 5) is 7.52. The van der Waals surface area contributed by atoms with E-state index >= 15 is 0 Å². The molecular formula is C17H29N3S. The first kappa shape index (κ1) is 15.4. The van der Waals surface area contributed by atoms with Crippen LogP contribution in [0.5, 0.6) is 0 Å². The maximum absolute atomic E-state index is 4.92. The number of nitrogens with one attached hydrogen (secondary N) is 1. The molecule has 0 radical (unpaired) electrons. The molecule has 2 fully saturated rings. The van der Waals surface area contributed by atoms with Gasteiger partial charge in [0.15, 0.2) is 0 Å². The number of likely N-dealkylation sites (tertiary alicyclic amines) is 1. The van der Waals surface area contributed by atoms with E-state index in [0.717, 1.165) is 18.4 Å². The lowest BCUT2D eigenvalue weighted by Crippen LogP contribution is -2.34. The van der Waals surface area contributed by atoms with Crippen LogP contribution in [0.15, 0.2) is 5.38 Å². The molecule has 1 aromatic heterocycles. The van der Waals surface area contributed by atoms with E-state index < -0.39 is 0 Å². The molecule has 1 aromatic rings. The van der Waals surface area contributed by atoms with Gasteiger partial charge in [-0.05, 0) is 64.7 Å². The van der Waals surface area contributed by atoms with Crippen molar-refractivity contribution in [1.82, 2.24) is 15.2 Å². The van der Waals surface area contributed by atoms with Crippen LogP contribution >= 0.6 is 11.3 Å². The minimum atomic E-state index is 0.774. The number of nitrogens with zero attached hydrogens (tertiary/aromatic N) is 2. The summed E-state index contributed by atoms with van der Waals surface area (Å²) in [5, 5.41) is 6.99. The minimum absolute atomic E-state index is 0.774. The lowest BCUT2D eigenvalue weighted by molar-refractivity contribution is 0.171. The number of thiazole rings is 1. The summed E-state index contributed by atoms with van der Waals surface area (Å²) in [6.07, 6.45) is 9.60. The SMILES string of the molecule is CNCCC1CCN(Cc2csc(C3CCCC3)n2)CC1. The molecule has 4 heteroatoms. The maximum Gasteiger partial charge on any atom is 0.0959 e. The van der Waals surface area contributed by atoms with Crippen LogP contribution in [0.2, 0.25) is 0 Å². The van der Waals surface area contributed by atoms with Crippen molar-refractivity contribution in [3.05, 3.63) is 16.1 Å². The lowest BCUT2D eigenvalue weighted by Gasteiger charge is -2.31. The summed E-state index contributed by atoms with van der Waals surface area (Å²) < 4.78 is 0. The first-order chi connectivity index (χ1) is 10.3. The highest BCUT2D eigenvalue weighted by atomic mass is 32.1. The van der Waals surface area contributed by atoms with Crippen LogP contribution in [0.4, 0.5) is 0 Å². The van der Waals surface area contributed by atoms with Gasteiger partial charge in [0.25, 0.3) is 0 Å². The molecule has 1 N–H and O–H groups in total. The zero-order chi connectivity index (χ0) is 14.5. The third-order valence-corrected chi connectivity index (χ3v) is 6.23. The van der Waals surface area contributed by atoms with Crippen LogP contribution < -0.4 is 5.32 Å². The predicted octanol–water partition coefficient (Wildman–Crippen LogP) is 3.62. The van der Waals surface area contributed by atoms with E-state index in [1.807, 2.05) is 11.3 Å². The molecule has 3 rings (SSSR count). The van der Waals surface area contributed by atoms with Gasteiger partial charge in [-0.25, -0.2) is 4.98 Å². The van der Waals surface area contributed by atoms with Crippen molar-refractivity contribution in [2.45, 2.75) is 57.4 Å². The summed E-state index contributed by atoms with van der Waals surface area (Å²) in [6, 6.07) is 0. The Labute approximate surface area is 133 Å². The Morgan fingerprint density at radius 1 is 1.24 bits per heavy atom. The second-order valence-corrected chi connectivity index (χ2v) is 7.66. The minimum Gasteiger partial charge on any atom is -0.320 e. The largest absolute Gasteiger partial charge is 0.320 e. The first-order valence-electron chi connectivity index (χ1n) is 8.66. The summed E-state index contributed by atoms with van der Waals surface area (Å²) >= 11 is 1.90. The van der Waals surface area contributed by atoms with Gasteiger partial charge in [0.1, 0.15) is 0 Å². The molecule has 2 heterocycles. The number of rotatable bonds is 6. The van der Waals surface area contributed by atoms with E-state index in [1.165, 1.54) is 75.3 Å². The predicted molar refractivity (Wildman–Crippen MR) is 89.9 cm³/mol. The van der Waals surface area contributed by atoms with Crippen LogP contribution in [0.1, 0.15) is 61.6 Å². The van der Waals surface area contributed by atoms with E-state index in [1.54, 1.807) is 0 Å². The molecular weight excluding hydrogens is 278 g/mol. The van der Waals surface area contributed by atoms with E-state index in [0.29, 0.717) is 0 Å². The molecule has 1 aliphatic carbocycles. The van der Waals surface area contributed by atoms with Gasteiger partial charge in [0.2, 0.25) is 0 Å².